The van der Waals surface area contributed by atoms with Gasteiger partial charge in [-0.15, -0.1) is 0 Å². The quantitative estimate of drug-likeness (QED) is 0.824. The largest absolute Gasteiger partial charge is 0.310 e. The molecule has 0 radical (unpaired) electrons. The molecular weight excluding hydrogens is 234 g/mol. The molecule has 0 bridgehead atoms. The van der Waals surface area contributed by atoms with E-state index in [1.165, 1.54) is 64.8 Å². The van der Waals surface area contributed by atoms with Crippen LogP contribution in [0.15, 0.2) is 0 Å². The van der Waals surface area contributed by atoms with Crippen molar-refractivity contribution < 1.29 is 0 Å². The second-order valence-electron chi connectivity index (χ2n) is 6.86. The molecule has 2 aliphatic heterocycles. The summed E-state index contributed by atoms with van der Waals surface area (Å²) >= 11 is 0. The van der Waals surface area contributed by atoms with Gasteiger partial charge in [0.15, 0.2) is 0 Å². The van der Waals surface area contributed by atoms with E-state index in [-0.39, 0.29) is 0 Å². The Morgan fingerprint density at radius 1 is 1.00 bits per heavy atom. The highest BCUT2D eigenvalue weighted by atomic mass is 15.2. The summed E-state index contributed by atoms with van der Waals surface area (Å²) in [6.07, 6.45) is 6.96. The van der Waals surface area contributed by atoms with E-state index in [0.717, 1.165) is 5.92 Å². The molecule has 112 valence electrons. The summed E-state index contributed by atoms with van der Waals surface area (Å²) in [5, 5.41) is 3.85. The van der Waals surface area contributed by atoms with Crippen LogP contribution >= 0.6 is 0 Å². The van der Waals surface area contributed by atoms with E-state index >= 15 is 0 Å². The molecule has 2 aliphatic rings. The molecule has 2 heterocycles. The maximum absolute atomic E-state index is 3.85. The standard InChI is InChI=1S/C16H33N3/c1-14(13-19-9-5-4-6-10-19)17-15(2)16-7-11-18(3)12-8-16/h14-17H,4-13H2,1-3H3. The van der Waals surface area contributed by atoms with Crippen molar-refractivity contribution in [3.63, 3.8) is 0 Å². The molecule has 0 spiro atoms. The Labute approximate surface area is 119 Å². The topological polar surface area (TPSA) is 18.5 Å². The summed E-state index contributed by atoms with van der Waals surface area (Å²) in [5.41, 5.74) is 0. The van der Waals surface area contributed by atoms with Crippen molar-refractivity contribution in [2.24, 2.45) is 5.92 Å². The number of hydrogen-bond acceptors (Lipinski definition) is 3. The molecule has 0 aromatic heterocycles. The van der Waals surface area contributed by atoms with Gasteiger partial charge in [-0.05, 0) is 78.7 Å². The summed E-state index contributed by atoms with van der Waals surface area (Å²) < 4.78 is 0. The van der Waals surface area contributed by atoms with Gasteiger partial charge in [-0.2, -0.15) is 0 Å². The van der Waals surface area contributed by atoms with Gasteiger partial charge in [-0.1, -0.05) is 6.42 Å². The maximum atomic E-state index is 3.85. The predicted molar refractivity (Wildman–Crippen MR) is 82.6 cm³/mol. The average Bonchev–Trinajstić information content (AvgIpc) is 2.40. The van der Waals surface area contributed by atoms with Crippen LogP contribution < -0.4 is 5.32 Å². The highest BCUT2D eigenvalue weighted by molar-refractivity contribution is 4.81. The van der Waals surface area contributed by atoms with Gasteiger partial charge in [0.05, 0.1) is 0 Å². The Balaban J connectivity index is 1.67. The van der Waals surface area contributed by atoms with Crippen molar-refractivity contribution in [3.8, 4) is 0 Å². The smallest absolute Gasteiger partial charge is 0.0169 e. The fraction of sp³-hybridized carbons (Fsp3) is 1.00. The van der Waals surface area contributed by atoms with Crippen LogP contribution in [0, 0.1) is 5.92 Å². The minimum atomic E-state index is 0.632. The van der Waals surface area contributed by atoms with Crippen LogP contribution in [0.5, 0.6) is 0 Å². The SMILES string of the molecule is CC(CN1CCCCC1)NC(C)C1CCN(C)CC1. The lowest BCUT2D eigenvalue weighted by molar-refractivity contribution is 0.168. The lowest BCUT2D eigenvalue weighted by atomic mass is 9.90. The van der Waals surface area contributed by atoms with E-state index in [4.69, 9.17) is 0 Å². The van der Waals surface area contributed by atoms with E-state index in [2.05, 4.69) is 36.0 Å². The summed E-state index contributed by atoms with van der Waals surface area (Å²) in [6, 6.07) is 1.31. The average molecular weight is 267 g/mol. The molecule has 0 saturated carbocycles. The molecule has 2 rings (SSSR count). The predicted octanol–water partition coefficient (Wildman–Crippen LogP) is 2.18. The fourth-order valence-corrected chi connectivity index (χ4v) is 3.70. The number of nitrogens with one attached hydrogen (secondary N) is 1. The van der Waals surface area contributed by atoms with E-state index in [1.807, 2.05) is 0 Å². The minimum Gasteiger partial charge on any atom is -0.310 e. The molecule has 3 nitrogen and oxygen atoms in total. The van der Waals surface area contributed by atoms with Gasteiger partial charge >= 0.3 is 0 Å². The van der Waals surface area contributed by atoms with Crippen molar-refractivity contribution in [1.82, 2.24) is 15.1 Å². The van der Waals surface area contributed by atoms with Gasteiger partial charge in [0.2, 0.25) is 0 Å². The zero-order chi connectivity index (χ0) is 13.7. The third-order valence-electron chi connectivity index (χ3n) is 5.00. The second-order valence-corrected chi connectivity index (χ2v) is 6.86. The highest BCUT2D eigenvalue weighted by Gasteiger charge is 2.23. The van der Waals surface area contributed by atoms with Gasteiger partial charge < -0.3 is 15.1 Å². The zero-order valence-corrected chi connectivity index (χ0v) is 13.2. The molecule has 2 saturated heterocycles. The third kappa shape index (κ3) is 5.05. The Kier molecular flexibility index (Phi) is 6.11. The molecule has 3 heteroatoms. The van der Waals surface area contributed by atoms with Crippen LogP contribution in [-0.4, -0.2) is 61.7 Å². The van der Waals surface area contributed by atoms with E-state index in [1.54, 1.807) is 0 Å². The molecule has 0 aromatic rings. The van der Waals surface area contributed by atoms with Crippen LogP contribution in [0.4, 0.5) is 0 Å². The van der Waals surface area contributed by atoms with Gasteiger partial charge in [-0.3, -0.25) is 0 Å². The lowest BCUT2D eigenvalue weighted by Gasteiger charge is -2.36. The van der Waals surface area contributed by atoms with E-state index in [9.17, 15) is 0 Å². The third-order valence-corrected chi connectivity index (χ3v) is 5.00. The van der Waals surface area contributed by atoms with E-state index in [0.29, 0.717) is 12.1 Å². The number of likely N-dealkylation sites (tertiary alicyclic amines) is 2. The summed E-state index contributed by atoms with van der Waals surface area (Å²) in [6.45, 7) is 11.2. The first-order chi connectivity index (χ1) is 9.15. The molecule has 2 unspecified atom stereocenters. The first-order valence-electron chi connectivity index (χ1n) is 8.32. The lowest BCUT2D eigenvalue weighted by Crippen LogP contribution is -2.48. The Bertz CT molecular complexity index is 242. The van der Waals surface area contributed by atoms with Crippen LogP contribution in [0.1, 0.15) is 46.0 Å². The number of hydrogen-bond donors (Lipinski definition) is 1. The molecule has 2 fully saturated rings. The van der Waals surface area contributed by atoms with Crippen molar-refractivity contribution in [2.45, 2.75) is 58.0 Å². The fourth-order valence-electron chi connectivity index (χ4n) is 3.70. The van der Waals surface area contributed by atoms with Crippen LogP contribution in [0.2, 0.25) is 0 Å². The Hall–Kier alpha value is -0.120. The van der Waals surface area contributed by atoms with Gasteiger partial charge in [0.25, 0.3) is 0 Å². The molecule has 19 heavy (non-hydrogen) atoms. The van der Waals surface area contributed by atoms with Crippen molar-refractivity contribution in [1.29, 1.82) is 0 Å². The normalized spacial score (nSPS) is 27.3. The molecular formula is C16H33N3. The second kappa shape index (κ2) is 7.61. The van der Waals surface area contributed by atoms with Gasteiger partial charge in [0.1, 0.15) is 0 Å². The molecule has 0 aromatic carbocycles. The monoisotopic (exact) mass is 267 g/mol. The van der Waals surface area contributed by atoms with Gasteiger partial charge in [-0.25, -0.2) is 0 Å². The zero-order valence-electron chi connectivity index (χ0n) is 13.2. The van der Waals surface area contributed by atoms with Crippen molar-refractivity contribution >= 4 is 0 Å². The summed E-state index contributed by atoms with van der Waals surface area (Å²) in [4.78, 5) is 5.10. The van der Waals surface area contributed by atoms with Crippen LogP contribution in [-0.2, 0) is 0 Å². The van der Waals surface area contributed by atoms with Crippen LogP contribution in [0.25, 0.3) is 0 Å². The Morgan fingerprint density at radius 3 is 2.26 bits per heavy atom. The first kappa shape index (κ1) is 15.3. The number of rotatable bonds is 5. The van der Waals surface area contributed by atoms with Crippen molar-refractivity contribution in [3.05, 3.63) is 0 Å². The molecule has 0 aliphatic carbocycles. The highest BCUT2D eigenvalue weighted by Crippen LogP contribution is 2.20. The maximum Gasteiger partial charge on any atom is 0.0169 e. The van der Waals surface area contributed by atoms with Crippen molar-refractivity contribution in [2.75, 3.05) is 39.8 Å². The van der Waals surface area contributed by atoms with E-state index < -0.39 is 0 Å². The summed E-state index contributed by atoms with van der Waals surface area (Å²) in [7, 11) is 2.24. The first-order valence-corrected chi connectivity index (χ1v) is 8.32. The Morgan fingerprint density at radius 2 is 1.63 bits per heavy atom. The number of nitrogens with zero attached hydrogens (tertiary/aromatic N) is 2. The minimum absolute atomic E-state index is 0.632. The molecule has 2 atom stereocenters. The molecule has 0 amide bonds. The summed E-state index contributed by atoms with van der Waals surface area (Å²) in [5.74, 6) is 0.875. The van der Waals surface area contributed by atoms with Crippen LogP contribution in [0.3, 0.4) is 0 Å². The number of piperidine rings is 2. The van der Waals surface area contributed by atoms with Gasteiger partial charge in [0, 0.05) is 18.6 Å². The molecule has 1 N–H and O–H groups in total.